The van der Waals surface area contributed by atoms with Gasteiger partial charge in [0.15, 0.2) is 0 Å². The molecule has 2 saturated heterocycles. The predicted octanol–water partition coefficient (Wildman–Crippen LogP) is 3.33. The van der Waals surface area contributed by atoms with Crippen molar-refractivity contribution in [2.75, 3.05) is 13.7 Å². The number of aliphatic hydroxyl groups excluding tert-OH is 1. The van der Waals surface area contributed by atoms with Gasteiger partial charge in [-0.05, 0) is 44.8 Å². The van der Waals surface area contributed by atoms with Gasteiger partial charge in [0.1, 0.15) is 12.2 Å². The Kier molecular flexibility index (Phi) is 7.65. The molecule has 0 amide bonds. The zero-order chi connectivity index (χ0) is 32.8. The normalized spacial score (nSPS) is 44.9. The first kappa shape index (κ1) is 31.9. The van der Waals surface area contributed by atoms with E-state index in [1.54, 1.807) is 19.9 Å². The number of hydrogen-bond acceptors (Lipinski definition) is 11. The van der Waals surface area contributed by atoms with E-state index in [0.717, 1.165) is 11.1 Å². The largest absolute Gasteiger partial charge is 0.469 e. The highest BCUT2D eigenvalue weighted by molar-refractivity contribution is 5.92. The molecule has 45 heavy (non-hydrogen) atoms. The van der Waals surface area contributed by atoms with E-state index < -0.39 is 76.7 Å². The Labute approximate surface area is 263 Å². The summed E-state index contributed by atoms with van der Waals surface area (Å²) in [7, 11) is 1.36. The summed E-state index contributed by atoms with van der Waals surface area (Å²) in [4.78, 5) is 51.7. The Morgan fingerprint density at radius 3 is 2.42 bits per heavy atom. The summed E-state index contributed by atoms with van der Waals surface area (Å²) in [5.74, 6) is -2.95. The number of esters is 4. The van der Waals surface area contributed by atoms with Crippen LogP contribution in [0.2, 0.25) is 0 Å². The fraction of sp³-hybridized carbons (Fsp3) is 0.706. The second-order valence-electron chi connectivity index (χ2n) is 14.3. The molecule has 6 rings (SSSR count). The minimum atomic E-state index is -1.29. The molecule has 0 bridgehead atoms. The quantitative estimate of drug-likeness (QED) is 0.200. The third-order valence-electron chi connectivity index (χ3n) is 12.2. The second-order valence-corrected chi connectivity index (χ2v) is 14.3. The van der Waals surface area contributed by atoms with E-state index >= 15 is 0 Å². The van der Waals surface area contributed by atoms with Gasteiger partial charge in [-0.15, -0.1) is 0 Å². The van der Waals surface area contributed by atoms with Crippen molar-refractivity contribution in [3.63, 3.8) is 0 Å². The van der Waals surface area contributed by atoms with Gasteiger partial charge in [-0.3, -0.25) is 9.59 Å². The first-order valence-electron chi connectivity index (χ1n) is 15.8. The molecule has 3 heterocycles. The summed E-state index contributed by atoms with van der Waals surface area (Å²) in [5, 5.41) is 10.0. The molecule has 0 radical (unpaired) electrons. The lowest BCUT2D eigenvalue weighted by molar-refractivity contribution is -0.251. The van der Waals surface area contributed by atoms with Gasteiger partial charge in [-0.25, -0.2) is 9.59 Å². The number of hydrogen-bond donors (Lipinski definition) is 1. The van der Waals surface area contributed by atoms with E-state index in [4.69, 9.17) is 28.4 Å². The third kappa shape index (κ3) is 4.40. The molecule has 246 valence electrons. The molecule has 2 saturated carbocycles. The Bertz CT molecular complexity index is 1430. The van der Waals surface area contributed by atoms with Crippen LogP contribution in [0.3, 0.4) is 0 Å². The second kappa shape index (κ2) is 10.8. The van der Waals surface area contributed by atoms with Crippen LogP contribution in [0.5, 0.6) is 0 Å². The number of fused-ring (bicyclic) bond motifs is 4. The third-order valence-corrected chi connectivity index (χ3v) is 12.2. The summed E-state index contributed by atoms with van der Waals surface area (Å²) in [6.45, 7) is 13.3. The van der Waals surface area contributed by atoms with Crippen LogP contribution in [0.25, 0.3) is 0 Å². The van der Waals surface area contributed by atoms with Crippen molar-refractivity contribution in [2.45, 2.75) is 105 Å². The van der Waals surface area contributed by atoms with Gasteiger partial charge in [0.05, 0.1) is 32.0 Å². The van der Waals surface area contributed by atoms with E-state index in [9.17, 15) is 24.3 Å². The monoisotopic (exact) mass is 628 g/mol. The minimum Gasteiger partial charge on any atom is -0.469 e. The number of ether oxygens (including phenoxy) is 6. The van der Waals surface area contributed by atoms with Crippen LogP contribution in [-0.4, -0.2) is 79.5 Å². The van der Waals surface area contributed by atoms with Gasteiger partial charge in [0.2, 0.25) is 6.29 Å². The average Bonchev–Trinajstić information content (AvgIpc) is 3.69. The molecule has 0 aromatic heterocycles. The molecule has 0 aromatic carbocycles. The molecule has 0 spiro atoms. The van der Waals surface area contributed by atoms with E-state index in [1.165, 1.54) is 20.1 Å². The van der Waals surface area contributed by atoms with Crippen molar-refractivity contribution in [1.82, 2.24) is 0 Å². The van der Waals surface area contributed by atoms with E-state index in [-0.39, 0.29) is 30.8 Å². The maximum Gasteiger partial charge on any atom is 0.337 e. The zero-order valence-electron chi connectivity index (χ0n) is 27.2. The molecule has 3 aliphatic heterocycles. The van der Waals surface area contributed by atoms with Crippen LogP contribution in [0.1, 0.15) is 67.7 Å². The molecule has 0 aromatic rings. The lowest BCUT2D eigenvalue weighted by atomic mass is 9.40. The van der Waals surface area contributed by atoms with Crippen LogP contribution in [0.4, 0.5) is 0 Å². The molecular formula is C34H44O11. The molecule has 1 N–H and O–H groups in total. The Morgan fingerprint density at radius 1 is 1.11 bits per heavy atom. The SMILES string of the molecule is C/C=C(\C)C(=O)OC1CC(OC(C)=O)C2(C)COC3C4OC5CC(C6=CC(O)OC6=O)C(C)=C5C4(C)C(CC(=O)OC)C1(C)C32. The summed E-state index contributed by atoms with van der Waals surface area (Å²) in [5.41, 5.74) is 0.495. The van der Waals surface area contributed by atoms with Gasteiger partial charge in [-0.2, -0.15) is 0 Å². The van der Waals surface area contributed by atoms with Crippen molar-refractivity contribution in [2.24, 2.45) is 34.0 Å². The van der Waals surface area contributed by atoms with Crippen LogP contribution in [0.15, 0.2) is 34.4 Å². The molecule has 12 atom stereocenters. The fourth-order valence-electron chi connectivity index (χ4n) is 10.2. The summed E-state index contributed by atoms with van der Waals surface area (Å²) >= 11 is 0. The van der Waals surface area contributed by atoms with Gasteiger partial charge >= 0.3 is 23.9 Å². The van der Waals surface area contributed by atoms with Gasteiger partial charge in [-0.1, -0.05) is 32.4 Å². The van der Waals surface area contributed by atoms with Crippen LogP contribution < -0.4 is 0 Å². The van der Waals surface area contributed by atoms with Crippen molar-refractivity contribution < 1.29 is 52.7 Å². The minimum absolute atomic E-state index is 0.0230. The van der Waals surface area contributed by atoms with E-state index in [1.807, 2.05) is 6.92 Å². The molecule has 4 fully saturated rings. The van der Waals surface area contributed by atoms with Gasteiger partial charge in [0, 0.05) is 59.0 Å². The highest BCUT2D eigenvalue weighted by Gasteiger charge is 2.78. The number of allylic oxidation sites excluding steroid dienone is 2. The topological polar surface area (TPSA) is 144 Å². The number of carbonyl (C=O) groups is 4. The first-order valence-corrected chi connectivity index (χ1v) is 15.8. The van der Waals surface area contributed by atoms with Gasteiger partial charge in [0.25, 0.3) is 0 Å². The van der Waals surface area contributed by atoms with Crippen LogP contribution in [-0.2, 0) is 47.6 Å². The molecular weight excluding hydrogens is 584 g/mol. The predicted molar refractivity (Wildman–Crippen MR) is 157 cm³/mol. The number of methoxy groups -OCH3 is 1. The Morgan fingerprint density at radius 2 is 1.82 bits per heavy atom. The number of carbonyl (C=O) groups excluding carboxylic acids is 4. The van der Waals surface area contributed by atoms with E-state index in [2.05, 4.69) is 20.8 Å². The molecule has 3 aliphatic carbocycles. The molecule has 11 heteroatoms. The van der Waals surface area contributed by atoms with E-state index in [0.29, 0.717) is 24.2 Å². The summed E-state index contributed by atoms with van der Waals surface area (Å²) < 4.78 is 36.1. The summed E-state index contributed by atoms with van der Waals surface area (Å²) in [6, 6.07) is 0. The number of aliphatic hydroxyl groups is 1. The molecule has 12 unspecified atom stereocenters. The first-order chi connectivity index (χ1) is 21.1. The molecule has 11 nitrogen and oxygen atoms in total. The Balaban J connectivity index is 1.54. The number of cyclic esters (lactones) is 1. The standard InChI is InChI=1S/C34H44O11/c1-9-15(2)30(38)44-23-13-22(42-17(4)35)32(5)14-41-27-28(32)33(23,6)21(12-24(36)40-8)34(7)26-16(3)18(10-20(26)43-29(27)34)19-11-25(37)45-31(19)39/h9,11,18,20-23,25,27-29,37H,10,12-14H2,1-8H3/b15-9+. The van der Waals surface area contributed by atoms with Crippen molar-refractivity contribution >= 4 is 23.9 Å². The Hall–Kier alpha value is -3.02. The number of rotatable bonds is 6. The summed E-state index contributed by atoms with van der Waals surface area (Å²) in [6.07, 6.45) is -0.0377. The van der Waals surface area contributed by atoms with Crippen molar-refractivity contribution in [1.29, 1.82) is 0 Å². The van der Waals surface area contributed by atoms with Gasteiger partial charge < -0.3 is 33.5 Å². The molecule has 6 aliphatic rings. The maximum absolute atomic E-state index is 13.4. The highest BCUT2D eigenvalue weighted by Crippen LogP contribution is 2.74. The van der Waals surface area contributed by atoms with Crippen LogP contribution >= 0.6 is 0 Å². The lowest BCUT2D eigenvalue weighted by Crippen LogP contribution is -2.71. The highest BCUT2D eigenvalue weighted by atomic mass is 16.6. The fourth-order valence-corrected chi connectivity index (χ4v) is 10.2. The van der Waals surface area contributed by atoms with Crippen molar-refractivity contribution in [3.8, 4) is 0 Å². The maximum atomic E-state index is 13.4. The van der Waals surface area contributed by atoms with Crippen LogP contribution in [0, 0.1) is 34.0 Å². The zero-order valence-corrected chi connectivity index (χ0v) is 27.2. The van der Waals surface area contributed by atoms with Crippen molar-refractivity contribution in [3.05, 3.63) is 34.4 Å². The lowest BCUT2D eigenvalue weighted by Gasteiger charge is -2.65. The average molecular weight is 629 g/mol. The smallest absolute Gasteiger partial charge is 0.337 e.